The van der Waals surface area contributed by atoms with Crippen molar-refractivity contribution in [3.63, 3.8) is 0 Å². The largest absolute Gasteiger partial charge is 0.507 e. The number of phenols is 1. The summed E-state index contributed by atoms with van der Waals surface area (Å²) in [5.41, 5.74) is 5.67. The third-order valence-electron chi connectivity index (χ3n) is 9.83. The van der Waals surface area contributed by atoms with Crippen molar-refractivity contribution in [2.75, 3.05) is 13.1 Å². The van der Waals surface area contributed by atoms with Gasteiger partial charge >= 0.3 is 0 Å². The van der Waals surface area contributed by atoms with E-state index in [4.69, 9.17) is 0 Å². The van der Waals surface area contributed by atoms with Gasteiger partial charge in [0, 0.05) is 36.6 Å². The maximum atomic E-state index is 12.7. The summed E-state index contributed by atoms with van der Waals surface area (Å²) in [6.45, 7) is 4.16. The molecule has 4 saturated carbocycles. The van der Waals surface area contributed by atoms with E-state index in [1.807, 2.05) is 12.4 Å². The average Bonchev–Trinajstić information content (AvgIpc) is 3.54. The summed E-state index contributed by atoms with van der Waals surface area (Å²) in [6.07, 6.45) is 15.5. The van der Waals surface area contributed by atoms with Crippen LogP contribution in [0.15, 0.2) is 35.6 Å². The molecule has 0 radical (unpaired) electrons. The van der Waals surface area contributed by atoms with Gasteiger partial charge in [0.1, 0.15) is 5.75 Å². The number of amidine groups is 1. The number of thioether (sulfide) groups is 1. The van der Waals surface area contributed by atoms with Gasteiger partial charge in [0.25, 0.3) is 5.91 Å². The number of carbonyl (C=O) groups is 1. The Morgan fingerprint density at radius 2 is 1.70 bits per heavy atom. The molecule has 1 unspecified atom stereocenters. The van der Waals surface area contributed by atoms with Gasteiger partial charge in [0.15, 0.2) is 5.17 Å². The molecule has 1 atom stereocenters. The van der Waals surface area contributed by atoms with Crippen LogP contribution < -0.4 is 0 Å². The molecule has 5 fully saturated rings. The number of aromatic nitrogens is 1. The smallest absolute Gasteiger partial charge is 0.262 e. The molecule has 194 valence electrons. The lowest BCUT2D eigenvalue weighted by Gasteiger charge is -2.57. The average molecular weight is 516 g/mol. The summed E-state index contributed by atoms with van der Waals surface area (Å²) in [5, 5.41) is 12.2. The van der Waals surface area contributed by atoms with Crippen molar-refractivity contribution < 1.29 is 9.90 Å². The maximum absolute atomic E-state index is 12.7. The lowest BCUT2D eigenvalue weighted by molar-refractivity contribution is -0.117. The molecule has 1 aromatic carbocycles. The second kappa shape index (κ2) is 9.14. The van der Waals surface area contributed by atoms with E-state index in [-0.39, 0.29) is 16.6 Å². The molecule has 6 aliphatic rings. The van der Waals surface area contributed by atoms with Crippen LogP contribution in [0.5, 0.6) is 5.75 Å². The van der Waals surface area contributed by atoms with E-state index in [9.17, 15) is 9.90 Å². The van der Waals surface area contributed by atoms with E-state index in [2.05, 4.69) is 40.0 Å². The van der Waals surface area contributed by atoms with Crippen molar-refractivity contribution in [1.29, 1.82) is 0 Å². The molecule has 2 aromatic rings. The normalized spacial score (nSPS) is 32.4. The van der Waals surface area contributed by atoms with Crippen molar-refractivity contribution >= 4 is 22.8 Å². The van der Waals surface area contributed by atoms with E-state index < -0.39 is 0 Å². The summed E-state index contributed by atoms with van der Waals surface area (Å²) < 4.78 is 0. The summed E-state index contributed by atoms with van der Waals surface area (Å²) >= 11 is 1.62. The van der Waals surface area contributed by atoms with Crippen LogP contribution in [-0.4, -0.2) is 44.4 Å². The van der Waals surface area contributed by atoms with Gasteiger partial charge in [-0.05, 0) is 122 Å². The first kappa shape index (κ1) is 23.8. The Balaban J connectivity index is 1.17. The number of carbonyl (C=O) groups excluding carboxylic acids is 1. The summed E-state index contributed by atoms with van der Waals surface area (Å²) in [4.78, 5) is 23.9. The zero-order valence-electron chi connectivity index (χ0n) is 21.8. The molecule has 8 rings (SSSR count). The van der Waals surface area contributed by atoms with E-state index in [1.165, 1.54) is 56.9 Å². The molecular formula is C31H37N3O2S. The minimum atomic E-state index is -0.166. The monoisotopic (exact) mass is 515 g/mol. The number of pyridine rings is 1. The van der Waals surface area contributed by atoms with E-state index in [0.717, 1.165) is 64.7 Å². The van der Waals surface area contributed by atoms with Crippen molar-refractivity contribution in [3.05, 3.63) is 47.3 Å². The maximum Gasteiger partial charge on any atom is 0.262 e. The number of aryl methyl sites for hydroxylation is 1. The van der Waals surface area contributed by atoms with Gasteiger partial charge in [-0.2, -0.15) is 4.99 Å². The highest BCUT2D eigenvalue weighted by molar-refractivity contribution is 8.15. The second-order valence-electron chi connectivity index (χ2n) is 12.4. The molecule has 1 amide bonds. The molecule has 0 spiro atoms. The van der Waals surface area contributed by atoms with E-state index in [1.54, 1.807) is 11.8 Å². The van der Waals surface area contributed by atoms with Crippen LogP contribution in [0, 0.1) is 17.8 Å². The highest BCUT2D eigenvalue weighted by Gasteiger charge is 2.52. The second-order valence-corrected chi connectivity index (χ2v) is 13.6. The third-order valence-corrected chi connectivity index (χ3v) is 11.0. The summed E-state index contributed by atoms with van der Waals surface area (Å²) in [7, 11) is 0. The molecule has 37 heavy (non-hydrogen) atoms. The number of likely N-dealkylation sites (tertiary alicyclic amines) is 1. The van der Waals surface area contributed by atoms with Crippen LogP contribution in [0.4, 0.5) is 0 Å². The molecule has 4 bridgehead atoms. The van der Waals surface area contributed by atoms with E-state index >= 15 is 0 Å². The van der Waals surface area contributed by atoms with Gasteiger partial charge in [0.2, 0.25) is 0 Å². The number of benzene rings is 1. The number of rotatable bonds is 5. The summed E-state index contributed by atoms with van der Waals surface area (Å²) in [5.74, 6) is 3.02. The number of hydrogen-bond acceptors (Lipinski definition) is 5. The fourth-order valence-corrected chi connectivity index (χ4v) is 9.66. The Hall–Kier alpha value is -2.34. The fraction of sp³-hybridized carbons (Fsp3) is 0.581. The molecule has 1 N–H and O–H groups in total. The van der Waals surface area contributed by atoms with Gasteiger partial charge in [-0.1, -0.05) is 18.7 Å². The Labute approximate surface area is 224 Å². The zero-order chi connectivity index (χ0) is 25.1. The molecule has 4 aliphatic carbocycles. The first-order valence-corrected chi connectivity index (χ1v) is 15.2. The molecule has 1 saturated heterocycles. The Morgan fingerprint density at radius 3 is 2.38 bits per heavy atom. The predicted octanol–water partition coefficient (Wildman–Crippen LogP) is 6.12. The zero-order valence-corrected chi connectivity index (χ0v) is 22.6. The quantitative estimate of drug-likeness (QED) is 0.520. The number of nitrogens with zero attached hydrogens (tertiary/aromatic N) is 3. The molecule has 3 heterocycles. The number of phenolic OH excluding ortho intramolecular Hbond substituents is 1. The molecule has 1 aromatic heterocycles. The van der Waals surface area contributed by atoms with Crippen LogP contribution in [0.3, 0.4) is 0 Å². The van der Waals surface area contributed by atoms with Crippen molar-refractivity contribution in [2.45, 2.75) is 81.8 Å². The Morgan fingerprint density at radius 1 is 1.00 bits per heavy atom. The van der Waals surface area contributed by atoms with Crippen LogP contribution in [0.1, 0.15) is 75.0 Å². The fourth-order valence-electron chi connectivity index (χ4n) is 8.50. The topological polar surface area (TPSA) is 65.8 Å². The Kier molecular flexibility index (Phi) is 5.87. The number of hydrogen-bond donors (Lipinski definition) is 1. The molecule has 2 aliphatic heterocycles. The lowest BCUT2D eigenvalue weighted by Crippen LogP contribution is -2.48. The minimum Gasteiger partial charge on any atom is -0.507 e. The van der Waals surface area contributed by atoms with Crippen LogP contribution >= 0.6 is 11.8 Å². The first-order chi connectivity index (χ1) is 18.0. The van der Waals surface area contributed by atoms with Gasteiger partial charge in [-0.15, -0.1) is 0 Å². The standard InChI is InChI=1S/C31H37N3O2S/c1-2-23-12-24(13-26(28(23)35)31-14-19-7-20(15-31)9-21(8-19)16-31)25-10-22(17-32-18-25)11-27-29(36)33-30(37-27)34-5-3-4-6-34/h10,12-13,17-21,27,35H,2-9,11,14-16H2,1H3. The molecular weight excluding hydrogens is 478 g/mol. The lowest BCUT2D eigenvalue weighted by atomic mass is 9.48. The van der Waals surface area contributed by atoms with Crippen molar-refractivity contribution in [3.8, 4) is 16.9 Å². The highest BCUT2D eigenvalue weighted by Crippen LogP contribution is 2.62. The van der Waals surface area contributed by atoms with Gasteiger partial charge in [-0.25, -0.2) is 0 Å². The number of amides is 1. The molecule has 5 nitrogen and oxygen atoms in total. The predicted molar refractivity (Wildman–Crippen MR) is 149 cm³/mol. The third kappa shape index (κ3) is 4.20. The van der Waals surface area contributed by atoms with Gasteiger partial charge in [0.05, 0.1) is 5.25 Å². The van der Waals surface area contributed by atoms with Gasteiger partial charge < -0.3 is 10.0 Å². The molecule has 6 heteroatoms. The number of aromatic hydroxyl groups is 1. The van der Waals surface area contributed by atoms with Gasteiger partial charge in [-0.3, -0.25) is 9.78 Å². The van der Waals surface area contributed by atoms with E-state index in [0.29, 0.717) is 12.2 Å². The van der Waals surface area contributed by atoms with Crippen LogP contribution in [-0.2, 0) is 23.1 Å². The van der Waals surface area contributed by atoms with Crippen LogP contribution in [0.25, 0.3) is 11.1 Å². The minimum absolute atomic E-state index is 0.0145. The van der Waals surface area contributed by atoms with Crippen molar-refractivity contribution in [1.82, 2.24) is 9.88 Å². The summed E-state index contributed by atoms with van der Waals surface area (Å²) in [6, 6.07) is 6.64. The SMILES string of the molecule is CCc1cc(-c2cncc(CC3SC(N4CCCC4)=NC3=O)c2)cc(C23CC4CC(CC(C4)C2)C3)c1O. The van der Waals surface area contributed by atoms with Crippen molar-refractivity contribution in [2.24, 2.45) is 22.7 Å². The first-order valence-electron chi connectivity index (χ1n) is 14.3. The number of aliphatic imine (C=N–C) groups is 1. The van der Waals surface area contributed by atoms with Crippen LogP contribution in [0.2, 0.25) is 0 Å². The highest BCUT2D eigenvalue weighted by atomic mass is 32.2. The Bertz CT molecular complexity index is 1230.